The van der Waals surface area contributed by atoms with Crippen LogP contribution in [0, 0.1) is 5.92 Å². The number of aromatic nitrogens is 1. The Morgan fingerprint density at radius 1 is 0.828 bits per heavy atom. The molecule has 1 fully saturated rings. The van der Waals surface area contributed by atoms with E-state index in [1.807, 2.05) is 0 Å². The molecule has 4 nitrogen and oxygen atoms in total. The second-order valence-electron chi connectivity index (χ2n) is 9.19. The highest BCUT2D eigenvalue weighted by molar-refractivity contribution is 6.24. The summed E-state index contributed by atoms with van der Waals surface area (Å²) >= 11 is 0. The molecule has 0 aromatic carbocycles. The van der Waals surface area contributed by atoms with E-state index >= 15 is 0 Å². The second-order valence-corrected chi connectivity index (χ2v) is 9.19. The molecule has 1 amide bonds. The summed E-state index contributed by atoms with van der Waals surface area (Å²) in [4.78, 5) is 20.6. The first-order valence-corrected chi connectivity index (χ1v) is 12.0. The minimum atomic E-state index is -0.153. The number of hydrogen-bond donors (Lipinski definition) is 2. The van der Waals surface area contributed by atoms with Crippen molar-refractivity contribution >= 4 is 17.2 Å². The van der Waals surface area contributed by atoms with Crippen LogP contribution in [0.3, 0.4) is 0 Å². The van der Waals surface area contributed by atoms with Gasteiger partial charge in [-0.1, -0.05) is 70.3 Å². The number of carbonyl (C=O) groups is 1. The molecule has 1 aromatic heterocycles. The van der Waals surface area contributed by atoms with Crippen LogP contribution in [0.25, 0.3) is 5.57 Å². The number of allylic oxidation sites excluding steroid dienone is 2. The Hall–Kier alpha value is -1.84. The maximum absolute atomic E-state index is 12.9. The lowest BCUT2D eigenvalue weighted by Gasteiger charge is -2.16. The Morgan fingerprint density at radius 2 is 1.45 bits per heavy atom. The summed E-state index contributed by atoms with van der Waals surface area (Å²) < 4.78 is 0. The van der Waals surface area contributed by atoms with Crippen molar-refractivity contribution in [1.82, 2.24) is 4.98 Å². The zero-order chi connectivity index (χ0) is 20.1. The maximum Gasteiger partial charge on any atom is 0.280 e. The lowest BCUT2D eigenvalue weighted by molar-refractivity contribution is 0.101. The van der Waals surface area contributed by atoms with Crippen LogP contribution in [-0.2, 0) is 0 Å². The fourth-order valence-electron chi connectivity index (χ4n) is 5.39. The first-order valence-electron chi connectivity index (χ1n) is 12.0. The third kappa shape index (κ3) is 4.67. The largest absolute Gasteiger partial charge is 0.494 e. The van der Waals surface area contributed by atoms with Gasteiger partial charge in [0.25, 0.3) is 5.91 Å². The summed E-state index contributed by atoms with van der Waals surface area (Å²) in [5.74, 6) is 0.294. The summed E-state index contributed by atoms with van der Waals surface area (Å²) in [5, 5.41) is 10.8. The van der Waals surface area contributed by atoms with Crippen molar-refractivity contribution < 1.29 is 9.90 Å². The van der Waals surface area contributed by atoms with Gasteiger partial charge in [-0.15, -0.1) is 0 Å². The molecule has 1 saturated carbocycles. The molecule has 0 saturated heterocycles. The summed E-state index contributed by atoms with van der Waals surface area (Å²) in [6.07, 6.45) is 21.5. The van der Waals surface area contributed by atoms with Crippen LogP contribution >= 0.6 is 0 Å². The van der Waals surface area contributed by atoms with Crippen molar-refractivity contribution in [2.75, 3.05) is 0 Å². The van der Waals surface area contributed by atoms with E-state index < -0.39 is 0 Å². The van der Waals surface area contributed by atoms with Gasteiger partial charge in [-0.25, -0.2) is 4.99 Å². The molecule has 158 valence electrons. The molecule has 0 spiro atoms. The highest BCUT2D eigenvalue weighted by Crippen LogP contribution is 2.40. The second kappa shape index (κ2) is 9.77. The van der Waals surface area contributed by atoms with E-state index in [1.165, 1.54) is 76.2 Å². The molecule has 3 aliphatic rings. The van der Waals surface area contributed by atoms with Gasteiger partial charge in [0.2, 0.25) is 0 Å². The lowest BCUT2D eigenvalue weighted by atomic mass is 9.88. The van der Waals surface area contributed by atoms with Crippen molar-refractivity contribution in [2.45, 2.75) is 103 Å². The van der Waals surface area contributed by atoms with Crippen molar-refractivity contribution in [1.29, 1.82) is 0 Å². The van der Waals surface area contributed by atoms with E-state index in [0.717, 1.165) is 43.5 Å². The van der Waals surface area contributed by atoms with Crippen LogP contribution in [-0.4, -0.2) is 21.7 Å². The number of fused-ring (bicyclic) bond motifs is 1. The van der Waals surface area contributed by atoms with Gasteiger partial charge < -0.3 is 10.1 Å². The van der Waals surface area contributed by atoms with E-state index in [9.17, 15) is 9.90 Å². The van der Waals surface area contributed by atoms with Gasteiger partial charge in [0, 0.05) is 5.92 Å². The molecule has 0 bridgehead atoms. The maximum atomic E-state index is 12.9. The van der Waals surface area contributed by atoms with E-state index in [2.05, 4.69) is 16.1 Å². The number of nitrogens with one attached hydrogen (secondary N) is 1. The predicted octanol–water partition coefficient (Wildman–Crippen LogP) is 6.93. The fraction of sp³-hybridized carbons (Fsp3) is 0.680. The molecule has 2 N–H and O–H groups in total. The Bertz CT molecular complexity index is 777. The van der Waals surface area contributed by atoms with Gasteiger partial charge >= 0.3 is 0 Å². The number of nitrogens with zero attached hydrogens (tertiary/aromatic N) is 1. The van der Waals surface area contributed by atoms with E-state index in [-0.39, 0.29) is 11.8 Å². The van der Waals surface area contributed by atoms with Gasteiger partial charge in [-0.2, -0.15) is 0 Å². The van der Waals surface area contributed by atoms with E-state index in [4.69, 9.17) is 0 Å². The third-order valence-electron chi connectivity index (χ3n) is 7.03. The third-order valence-corrected chi connectivity index (χ3v) is 7.03. The molecule has 2 aliphatic carbocycles. The number of aliphatic imine (C=N–C) groups is 1. The average molecular weight is 397 g/mol. The molecule has 0 radical (unpaired) electrons. The van der Waals surface area contributed by atoms with Crippen LogP contribution in [0.2, 0.25) is 0 Å². The molecule has 1 aromatic rings. The molecular weight excluding hydrogens is 360 g/mol. The standard InChI is InChI=1S/C25H36N2O2/c28-24-20-21(23(27-24)19-16-12-8-4-5-9-13-17-19)25(29)26-22(20)18-14-10-6-2-1-3-7-11-15-18/h14,19,26,29H,1-13,15-17H2/b18-14+. The average Bonchev–Trinajstić information content (AvgIpc) is 3.28. The molecular formula is C25H36N2O2. The van der Waals surface area contributed by atoms with Crippen molar-refractivity contribution in [3.8, 4) is 5.88 Å². The van der Waals surface area contributed by atoms with Crippen molar-refractivity contribution in [3.05, 3.63) is 22.9 Å². The van der Waals surface area contributed by atoms with Crippen molar-refractivity contribution in [2.24, 2.45) is 10.9 Å². The van der Waals surface area contributed by atoms with E-state index in [1.54, 1.807) is 0 Å². The first-order chi connectivity index (χ1) is 14.3. The molecule has 0 unspecified atom stereocenters. The highest BCUT2D eigenvalue weighted by atomic mass is 16.3. The predicted molar refractivity (Wildman–Crippen MR) is 119 cm³/mol. The molecule has 4 heteroatoms. The zero-order valence-corrected chi connectivity index (χ0v) is 17.8. The number of rotatable bonds is 2. The molecule has 1 aliphatic heterocycles. The minimum Gasteiger partial charge on any atom is -0.494 e. The molecule has 0 atom stereocenters. The lowest BCUT2D eigenvalue weighted by Crippen LogP contribution is -2.14. The number of amides is 1. The summed E-state index contributed by atoms with van der Waals surface area (Å²) in [6.45, 7) is 0. The number of hydrogen-bond acceptors (Lipinski definition) is 2. The quantitative estimate of drug-likeness (QED) is 0.569. The smallest absolute Gasteiger partial charge is 0.280 e. The summed E-state index contributed by atoms with van der Waals surface area (Å²) in [7, 11) is 0. The first kappa shape index (κ1) is 20.4. The Morgan fingerprint density at radius 3 is 2.17 bits per heavy atom. The highest BCUT2D eigenvalue weighted by Gasteiger charge is 2.36. The number of aromatic amines is 1. The minimum absolute atomic E-state index is 0.150. The number of aromatic hydroxyl groups is 1. The monoisotopic (exact) mass is 396 g/mol. The summed E-state index contributed by atoms with van der Waals surface area (Å²) in [6, 6.07) is 0. The van der Waals surface area contributed by atoms with E-state index in [0.29, 0.717) is 17.0 Å². The SMILES string of the molecule is O=C1N=C(C2CCCCCCCC2)c2c(O)[nH]c(/C3=C/CCCCCCCC3)c21. The molecule has 29 heavy (non-hydrogen) atoms. The zero-order valence-electron chi connectivity index (χ0n) is 17.8. The van der Waals surface area contributed by atoms with Crippen molar-refractivity contribution in [3.63, 3.8) is 0 Å². The van der Waals surface area contributed by atoms with Gasteiger partial charge in [0.1, 0.15) is 0 Å². The van der Waals surface area contributed by atoms with Crippen LogP contribution in [0.5, 0.6) is 5.88 Å². The fourth-order valence-corrected chi connectivity index (χ4v) is 5.39. The Labute approximate surface area is 174 Å². The molecule has 2 heterocycles. The molecule has 4 rings (SSSR count). The summed E-state index contributed by atoms with van der Waals surface area (Å²) in [5.41, 5.74) is 4.24. The van der Waals surface area contributed by atoms with Crippen LogP contribution in [0.1, 0.15) is 124 Å². The van der Waals surface area contributed by atoms with Crippen LogP contribution in [0.4, 0.5) is 0 Å². The van der Waals surface area contributed by atoms with Crippen LogP contribution < -0.4 is 0 Å². The van der Waals surface area contributed by atoms with Gasteiger partial charge in [0.05, 0.1) is 22.5 Å². The normalized spacial score (nSPS) is 24.6. The van der Waals surface area contributed by atoms with Gasteiger partial charge in [-0.3, -0.25) is 4.79 Å². The Kier molecular flexibility index (Phi) is 6.89. The number of carbonyl (C=O) groups excluding carboxylic acids is 1. The topological polar surface area (TPSA) is 65.4 Å². The van der Waals surface area contributed by atoms with Gasteiger partial charge in [-0.05, 0) is 44.1 Å². The Balaban J connectivity index is 1.62. The van der Waals surface area contributed by atoms with Crippen LogP contribution in [0.15, 0.2) is 11.1 Å². The van der Waals surface area contributed by atoms with Gasteiger partial charge in [0.15, 0.2) is 5.88 Å². The number of H-pyrrole nitrogens is 1.